The molecular weight excluding hydrogens is 578 g/mol. The smallest absolute Gasteiger partial charge is 0.255 e. The Bertz CT molecular complexity index is 1420. The molecule has 2 N–H and O–H groups in total. The Balaban J connectivity index is 1.27. The first-order chi connectivity index (χ1) is 22.6. The van der Waals surface area contributed by atoms with Crippen molar-refractivity contribution >= 4 is 28.9 Å². The SMILES string of the molecule is CCCCCc1ccc(C(=O)Nc2ccc(N3CCN(c4ccccc4OC)CC3)c(C(=O)NCCCN3CCOCC3)c2)cc1. The van der Waals surface area contributed by atoms with Crippen molar-refractivity contribution < 1.29 is 19.1 Å². The molecule has 0 aliphatic carbocycles. The van der Waals surface area contributed by atoms with Crippen molar-refractivity contribution in [2.45, 2.75) is 39.0 Å². The van der Waals surface area contributed by atoms with Crippen molar-refractivity contribution in [3.63, 3.8) is 0 Å². The number of morpholine rings is 1. The molecule has 0 radical (unpaired) electrons. The van der Waals surface area contributed by atoms with Crippen LogP contribution in [-0.4, -0.2) is 89.4 Å². The summed E-state index contributed by atoms with van der Waals surface area (Å²) in [5, 5.41) is 6.17. The third-order valence-corrected chi connectivity index (χ3v) is 8.87. The number of hydrogen-bond donors (Lipinski definition) is 2. The van der Waals surface area contributed by atoms with Crippen LogP contribution in [0.4, 0.5) is 17.1 Å². The molecule has 2 amide bonds. The van der Waals surface area contributed by atoms with E-state index in [9.17, 15) is 9.59 Å². The van der Waals surface area contributed by atoms with Gasteiger partial charge >= 0.3 is 0 Å². The second kappa shape index (κ2) is 17.0. The topological polar surface area (TPSA) is 86.4 Å². The minimum absolute atomic E-state index is 0.128. The van der Waals surface area contributed by atoms with Crippen molar-refractivity contribution in [3.8, 4) is 5.75 Å². The largest absolute Gasteiger partial charge is 0.495 e. The number of ether oxygens (including phenoxy) is 2. The van der Waals surface area contributed by atoms with Crippen molar-refractivity contribution in [3.05, 3.63) is 83.4 Å². The minimum atomic E-state index is -0.185. The molecule has 9 nitrogen and oxygen atoms in total. The van der Waals surface area contributed by atoms with Crippen LogP contribution in [-0.2, 0) is 11.2 Å². The Labute approximate surface area is 273 Å². The molecule has 2 heterocycles. The van der Waals surface area contributed by atoms with Crippen molar-refractivity contribution in [2.24, 2.45) is 0 Å². The highest BCUT2D eigenvalue weighted by atomic mass is 16.5. The third kappa shape index (κ3) is 9.01. The lowest BCUT2D eigenvalue weighted by Gasteiger charge is -2.38. The molecule has 46 heavy (non-hydrogen) atoms. The summed E-state index contributed by atoms with van der Waals surface area (Å²) in [6.45, 7) is 10.2. The Morgan fingerprint density at radius 2 is 1.52 bits per heavy atom. The van der Waals surface area contributed by atoms with Crippen molar-refractivity contribution in [2.75, 3.05) is 87.8 Å². The number of aryl methyl sites for hydroxylation is 1. The fraction of sp³-hybridized carbons (Fsp3) is 0.459. The number of benzene rings is 3. The first-order valence-corrected chi connectivity index (χ1v) is 16.8. The Morgan fingerprint density at radius 1 is 0.804 bits per heavy atom. The van der Waals surface area contributed by atoms with Gasteiger partial charge in [0.1, 0.15) is 5.75 Å². The van der Waals surface area contributed by atoms with Crippen LogP contribution >= 0.6 is 0 Å². The van der Waals surface area contributed by atoms with E-state index in [2.05, 4.69) is 38.3 Å². The summed E-state index contributed by atoms with van der Waals surface area (Å²) in [5.74, 6) is 0.547. The highest BCUT2D eigenvalue weighted by Crippen LogP contribution is 2.31. The van der Waals surface area contributed by atoms with E-state index < -0.39 is 0 Å². The molecule has 0 atom stereocenters. The van der Waals surface area contributed by atoms with E-state index in [0.29, 0.717) is 23.4 Å². The van der Waals surface area contributed by atoms with E-state index >= 15 is 0 Å². The number of unbranched alkanes of at least 4 members (excludes halogenated alkanes) is 2. The molecule has 0 aromatic heterocycles. The molecule has 0 unspecified atom stereocenters. The van der Waals surface area contributed by atoms with Crippen molar-refractivity contribution in [1.29, 1.82) is 0 Å². The van der Waals surface area contributed by atoms with Crippen molar-refractivity contribution in [1.82, 2.24) is 10.2 Å². The van der Waals surface area contributed by atoms with Gasteiger partial charge in [0.2, 0.25) is 0 Å². The zero-order valence-electron chi connectivity index (χ0n) is 27.4. The normalized spacial score (nSPS) is 15.4. The first kappa shape index (κ1) is 33.3. The molecule has 5 rings (SSSR count). The average Bonchev–Trinajstić information content (AvgIpc) is 3.11. The molecule has 246 valence electrons. The number of hydrogen-bond acceptors (Lipinski definition) is 7. The summed E-state index contributed by atoms with van der Waals surface area (Å²) in [7, 11) is 1.70. The molecule has 2 aliphatic rings. The lowest BCUT2D eigenvalue weighted by molar-refractivity contribution is 0.0374. The maximum absolute atomic E-state index is 13.7. The molecule has 9 heteroatoms. The number of nitrogens with zero attached hydrogens (tertiary/aromatic N) is 3. The number of anilines is 3. The van der Waals surface area contributed by atoms with Gasteiger partial charge in [-0.05, 0) is 73.8 Å². The molecular formula is C37H49N5O4. The lowest BCUT2D eigenvalue weighted by Crippen LogP contribution is -2.47. The second-order valence-corrected chi connectivity index (χ2v) is 12.0. The van der Waals surface area contributed by atoms with Gasteiger partial charge in [0.15, 0.2) is 0 Å². The van der Waals surface area contributed by atoms with Gasteiger partial charge in [0.05, 0.1) is 31.6 Å². The van der Waals surface area contributed by atoms with Gasteiger partial charge in [0.25, 0.3) is 11.8 Å². The van der Waals surface area contributed by atoms with E-state index in [0.717, 1.165) is 95.4 Å². The van der Waals surface area contributed by atoms with E-state index in [1.165, 1.54) is 18.4 Å². The Morgan fingerprint density at radius 3 is 2.24 bits per heavy atom. The highest BCUT2D eigenvalue weighted by Gasteiger charge is 2.24. The quantitative estimate of drug-likeness (QED) is 0.230. The van der Waals surface area contributed by atoms with Gasteiger partial charge in [-0.3, -0.25) is 14.5 Å². The summed E-state index contributed by atoms with van der Waals surface area (Å²) < 4.78 is 11.0. The van der Waals surface area contributed by atoms with Crippen LogP contribution in [0.1, 0.15) is 58.9 Å². The van der Waals surface area contributed by atoms with Gasteiger partial charge in [-0.25, -0.2) is 0 Å². The maximum Gasteiger partial charge on any atom is 0.255 e. The van der Waals surface area contributed by atoms with Gasteiger partial charge in [-0.1, -0.05) is 44.0 Å². The summed E-state index contributed by atoms with van der Waals surface area (Å²) in [6, 6.07) is 21.6. The van der Waals surface area contributed by atoms with E-state index in [1.807, 2.05) is 60.7 Å². The fourth-order valence-corrected chi connectivity index (χ4v) is 6.18. The van der Waals surface area contributed by atoms with Crippen LogP contribution in [0.2, 0.25) is 0 Å². The number of carbonyl (C=O) groups excluding carboxylic acids is 2. The number of nitrogens with one attached hydrogen (secondary N) is 2. The van der Waals surface area contributed by atoms with Gasteiger partial charge in [0, 0.05) is 62.8 Å². The van der Waals surface area contributed by atoms with E-state index in [4.69, 9.17) is 9.47 Å². The molecule has 3 aromatic carbocycles. The van der Waals surface area contributed by atoms with Crippen LogP contribution in [0.25, 0.3) is 0 Å². The average molecular weight is 628 g/mol. The van der Waals surface area contributed by atoms with Crippen LogP contribution in [0.3, 0.4) is 0 Å². The zero-order valence-corrected chi connectivity index (χ0v) is 27.4. The molecule has 2 fully saturated rings. The van der Waals surface area contributed by atoms with Crippen LogP contribution in [0, 0.1) is 0 Å². The summed E-state index contributed by atoms with van der Waals surface area (Å²) in [4.78, 5) is 33.8. The molecule has 0 spiro atoms. The van der Waals surface area contributed by atoms with Gasteiger partial charge in [-0.15, -0.1) is 0 Å². The minimum Gasteiger partial charge on any atom is -0.495 e. The molecule has 0 saturated carbocycles. The number of piperazine rings is 1. The van der Waals surface area contributed by atoms with Crippen LogP contribution in [0.15, 0.2) is 66.7 Å². The van der Waals surface area contributed by atoms with Crippen LogP contribution in [0.5, 0.6) is 5.75 Å². The summed E-state index contributed by atoms with van der Waals surface area (Å²) >= 11 is 0. The van der Waals surface area contributed by atoms with E-state index in [-0.39, 0.29) is 11.8 Å². The monoisotopic (exact) mass is 627 g/mol. The highest BCUT2D eigenvalue weighted by molar-refractivity contribution is 6.06. The number of para-hydroxylation sites is 2. The molecule has 2 aliphatic heterocycles. The maximum atomic E-state index is 13.7. The van der Waals surface area contributed by atoms with Gasteiger partial charge in [-0.2, -0.15) is 0 Å². The first-order valence-electron chi connectivity index (χ1n) is 16.8. The van der Waals surface area contributed by atoms with Gasteiger partial charge < -0.3 is 29.9 Å². The number of amides is 2. The second-order valence-electron chi connectivity index (χ2n) is 12.0. The van der Waals surface area contributed by atoms with E-state index in [1.54, 1.807) is 7.11 Å². The zero-order chi connectivity index (χ0) is 32.1. The Kier molecular flexibility index (Phi) is 12.3. The predicted octanol–water partition coefficient (Wildman–Crippen LogP) is 5.46. The standard InChI is InChI=1S/C37H49N5O4/c1-3-4-5-9-29-12-14-30(15-13-29)36(43)39-31-16-17-33(32(28-31)37(44)38-18-8-19-40-24-26-46-27-25-40)41-20-22-42(23-21-41)34-10-6-7-11-35(34)45-2/h6-7,10-17,28H,3-5,8-9,18-27H2,1-2H3,(H,38,44)(H,39,43). The molecule has 0 bridgehead atoms. The van der Waals surface area contributed by atoms with Crippen LogP contribution < -0.4 is 25.2 Å². The Hall–Kier alpha value is -4.08. The predicted molar refractivity (Wildman–Crippen MR) is 186 cm³/mol. The number of methoxy groups -OCH3 is 1. The molecule has 3 aromatic rings. The number of carbonyl (C=O) groups is 2. The third-order valence-electron chi connectivity index (χ3n) is 8.87. The summed E-state index contributed by atoms with van der Waals surface area (Å²) in [5.41, 5.74) is 4.97. The number of rotatable bonds is 14. The molecule has 2 saturated heterocycles. The fourth-order valence-electron chi connectivity index (χ4n) is 6.18. The summed E-state index contributed by atoms with van der Waals surface area (Å²) in [6.07, 6.45) is 5.44. The lowest BCUT2D eigenvalue weighted by atomic mass is 10.0.